The lowest BCUT2D eigenvalue weighted by Gasteiger charge is -2.44. The van der Waals surface area contributed by atoms with E-state index < -0.39 is 94.3 Å². The summed E-state index contributed by atoms with van der Waals surface area (Å²) < 4.78 is 63.4. The minimum atomic E-state index is -5.04. The number of anilines is 2. The highest BCUT2D eigenvalue weighted by Gasteiger charge is 2.46. The number of thiazole rings is 1. The van der Waals surface area contributed by atoms with Gasteiger partial charge in [0.2, 0.25) is 23.3 Å². The molecule has 0 aliphatic carbocycles. The van der Waals surface area contributed by atoms with Crippen LogP contribution in [-0.2, 0) is 36.6 Å². The van der Waals surface area contributed by atoms with Crippen LogP contribution in [0.3, 0.4) is 0 Å². The Kier molecular flexibility index (Phi) is 16.6. The first-order valence-electron chi connectivity index (χ1n) is 24.1. The number of ether oxygens (including phenoxy) is 1. The van der Waals surface area contributed by atoms with E-state index in [4.69, 9.17) is 4.74 Å². The lowest BCUT2D eigenvalue weighted by molar-refractivity contribution is -0.147. The summed E-state index contributed by atoms with van der Waals surface area (Å²) in [4.78, 5) is 106. The molecule has 5 N–H and O–H groups in total. The zero-order chi connectivity index (χ0) is 54.7. The number of piperazine rings is 1. The second-order valence-corrected chi connectivity index (χ2v) is 20.8. The monoisotopic (exact) mass is 1060 g/mol. The highest BCUT2D eigenvalue weighted by atomic mass is 32.1. The van der Waals surface area contributed by atoms with Gasteiger partial charge in [0.25, 0.3) is 11.8 Å². The fourth-order valence-electron chi connectivity index (χ4n) is 9.21. The van der Waals surface area contributed by atoms with Crippen LogP contribution in [-0.4, -0.2) is 119 Å². The van der Waals surface area contributed by atoms with Gasteiger partial charge in [-0.3, -0.25) is 38.5 Å². The van der Waals surface area contributed by atoms with Crippen molar-refractivity contribution in [3.05, 3.63) is 123 Å². The highest BCUT2D eigenvalue weighted by molar-refractivity contribution is 7.13. The summed E-state index contributed by atoms with van der Waals surface area (Å²) in [7, 11) is 1.96. The van der Waals surface area contributed by atoms with Gasteiger partial charge in [0, 0.05) is 68.5 Å². The average molecular weight is 1060 g/mol. The van der Waals surface area contributed by atoms with Gasteiger partial charge in [0.05, 0.1) is 51.7 Å². The molecule has 0 unspecified atom stereocenters. The van der Waals surface area contributed by atoms with Crippen molar-refractivity contribution in [2.75, 3.05) is 43.4 Å². The molecule has 3 aromatic carbocycles. The van der Waals surface area contributed by atoms with Crippen molar-refractivity contribution >= 4 is 58.2 Å². The zero-order valence-electron chi connectivity index (χ0n) is 42.6. The van der Waals surface area contributed by atoms with Gasteiger partial charge in [0.15, 0.2) is 0 Å². The van der Waals surface area contributed by atoms with Gasteiger partial charge in [-0.1, -0.05) is 51.1 Å². The van der Waals surface area contributed by atoms with E-state index in [0.29, 0.717) is 25.0 Å². The number of rotatable bonds is 14. The third kappa shape index (κ3) is 13.1. The van der Waals surface area contributed by atoms with Crippen LogP contribution in [0.1, 0.15) is 85.5 Å². The number of amides is 5. The zero-order valence-corrected chi connectivity index (χ0v) is 43.4. The number of aromatic amines is 1. The molecule has 398 valence electrons. The van der Waals surface area contributed by atoms with Crippen LogP contribution in [0.5, 0.6) is 0 Å². The summed E-state index contributed by atoms with van der Waals surface area (Å²) in [6, 6.07) is 13.6. The fourth-order valence-corrected chi connectivity index (χ4v) is 10.0. The number of H-pyrrole nitrogens is 1. The van der Waals surface area contributed by atoms with Crippen LogP contribution >= 0.6 is 11.3 Å². The van der Waals surface area contributed by atoms with Gasteiger partial charge in [0.1, 0.15) is 24.0 Å². The molecule has 4 heterocycles. The number of benzene rings is 3. The number of halogens is 4. The molecule has 0 radical (unpaired) electrons. The maximum absolute atomic E-state index is 15.8. The van der Waals surface area contributed by atoms with E-state index in [1.807, 2.05) is 57.0 Å². The Morgan fingerprint density at radius 3 is 2.20 bits per heavy atom. The first-order chi connectivity index (χ1) is 35.3. The van der Waals surface area contributed by atoms with Crippen molar-refractivity contribution in [2.24, 2.45) is 5.41 Å². The number of aryl methyl sites for hydroxylation is 1. The molecule has 2 saturated heterocycles. The second-order valence-electron chi connectivity index (χ2n) is 20.0. The second kappa shape index (κ2) is 22.6. The van der Waals surface area contributed by atoms with E-state index in [2.05, 4.69) is 36.1 Å². The topological polar surface area (TPSA) is 215 Å². The van der Waals surface area contributed by atoms with Gasteiger partial charge in [-0.15, -0.1) is 11.3 Å². The molecule has 75 heavy (non-hydrogen) atoms. The Labute approximate surface area is 434 Å². The smallest absolute Gasteiger partial charge is 0.417 e. The lowest BCUT2D eigenvalue weighted by atomic mass is 9.85. The molecule has 0 spiro atoms. The molecule has 0 saturated carbocycles. The number of likely N-dealkylation sites (tertiary alicyclic amines) is 1. The van der Waals surface area contributed by atoms with Crippen LogP contribution in [0, 0.1) is 18.2 Å². The molecule has 5 amide bonds. The van der Waals surface area contributed by atoms with Crippen molar-refractivity contribution < 1.29 is 51.1 Å². The molecule has 2 fully saturated rings. The van der Waals surface area contributed by atoms with E-state index in [9.17, 15) is 46.7 Å². The quantitative estimate of drug-likeness (QED) is 0.0596. The van der Waals surface area contributed by atoms with Crippen LogP contribution < -0.4 is 31.7 Å². The molecule has 5 aromatic rings. The first kappa shape index (κ1) is 55.3. The number of likely N-dealkylation sites (N-methyl/N-ethyl adjacent to an activating group) is 1. The number of alkyl halides is 3. The number of pyridine rings is 1. The molecule has 17 nitrogen and oxygen atoms in total. The number of esters is 1. The summed E-state index contributed by atoms with van der Waals surface area (Å²) >= 11 is 1.52. The van der Waals surface area contributed by atoms with Gasteiger partial charge >= 0.3 is 12.1 Å². The van der Waals surface area contributed by atoms with E-state index in [1.165, 1.54) is 41.4 Å². The number of nitrogens with one attached hydrogen (secondary N) is 5. The van der Waals surface area contributed by atoms with Crippen LogP contribution in [0.4, 0.5) is 28.9 Å². The van der Waals surface area contributed by atoms with Crippen molar-refractivity contribution in [3.63, 3.8) is 0 Å². The predicted molar refractivity (Wildman–Crippen MR) is 274 cm³/mol. The average Bonchev–Trinajstić information content (AvgIpc) is 3.98. The molecular weight excluding hydrogens is 999 g/mol. The van der Waals surface area contributed by atoms with Crippen molar-refractivity contribution in [1.82, 2.24) is 35.7 Å². The lowest BCUT2D eigenvalue weighted by Crippen LogP contribution is -2.58. The van der Waals surface area contributed by atoms with Crippen LogP contribution in [0.2, 0.25) is 0 Å². The maximum Gasteiger partial charge on any atom is 0.417 e. The first-order valence-corrected chi connectivity index (χ1v) is 25.0. The molecule has 2 aromatic heterocycles. The number of carbonyl (C=O) groups excluding carboxylic acids is 6. The van der Waals surface area contributed by atoms with Crippen molar-refractivity contribution in [3.8, 4) is 21.6 Å². The Morgan fingerprint density at radius 2 is 1.57 bits per heavy atom. The predicted octanol–water partition coefficient (Wildman–Crippen LogP) is 6.52. The summed E-state index contributed by atoms with van der Waals surface area (Å²) in [5.41, 5.74) is 0.547. The van der Waals surface area contributed by atoms with Gasteiger partial charge in [-0.2, -0.15) is 13.2 Å². The normalized spacial score (nSPS) is 18.5. The standard InChI is InChI=1S/C53H59F4N9O8S/c1-28-24-65(25-29(2)64(28)8)42-16-14-34(18-41(42)62-49(71)38-22-58-44(68)20-39(38)53(55,56)57)37-17-35(13-15-40(37)54)48(70)60-23-45(69)63-47(52(5,6)7)51(73)66-26-36(74-31(4)67)19-43(66)50(72)59-21-32-9-11-33(12-10-32)46-30(3)61-27-75-46/h9-18,20,22,27-29,36,43,47H,19,21,23-26H2,1-8H3,(H,58,68)(H,59,72)(H,60,70)(H,62,71)(H,63,69)/t28-,29+,36-,43+,47-/m1/s1. The van der Waals surface area contributed by atoms with Gasteiger partial charge in [-0.25, -0.2) is 9.37 Å². The molecule has 0 bridgehead atoms. The molecule has 2 aliphatic heterocycles. The Balaban J connectivity index is 1.06. The number of nitrogens with zero attached hydrogens (tertiary/aromatic N) is 4. The molecule has 5 atom stereocenters. The van der Waals surface area contributed by atoms with Crippen LogP contribution in [0.25, 0.3) is 21.6 Å². The van der Waals surface area contributed by atoms with Gasteiger partial charge in [-0.05, 0) is 80.3 Å². The van der Waals surface area contributed by atoms with E-state index in [0.717, 1.165) is 27.8 Å². The highest BCUT2D eigenvalue weighted by Crippen LogP contribution is 2.37. The molecular formula is C53H59F4N9O8S. The molecule has 2 aliphatic rings. The van der Waals surface area contributed by atoms with E-state index >= 15 is 4.39 Å². The maximum atomic E-state index is 15.8. The third-order valence-corrected chi connectivity index (χ3v) is 14.4. The number of hydrogen-bond acceptors (Lipinski definition) is 12. The SMILES string of the molecule is CC(=O)O[C@@H]1C[C@@H](C(=O)NCc2ccc(-c3scnc3C)cc2)N(C(=O)[C@@H](NC(=O)CNC(=O)c2ccc(F)c(-c3ccc(N4C[C@@H](C)N(C)[C@@H](C)C4)c(NC(=O)c4c[nH]c(=O)cc4C(F)(F)F)c3)c2)C(C)(C)C)C1. The minimum absolute atomic E-state index is 0.00966. The Hall–Kier alpha value is -7.46. The van der Waals surface area contributed by atoms with Crippen molar-refractivity contribution in [1.29, 1.82) is 0 Å². The van der Waals surface area contributed by atoms with Crippen molar-refractivity contribution in [2.45, 2.75) is 97.9 Å². The van der Waals surface area contributed by atoms with Gasteiger partial charge < -0.3 is 40.8 Å². The minimum Gasteiger partial charge on any atom is -0.461 e. The molecule has 22 heteroatoms. The summed E-state index contributed by atoms with van der Waals surface area (Å²) in [5, 5.41) is 10.6. The largest absolute Gasteiger partial charge is 0.461 e. The number of aromatic nitrogens is 2. The number of hydrogen-bond donors (Lipinski definition) is 5. The molecule has 7 rings (SSSR count). The summed E-state index contributed by atoms with van der Waals surface area (Å²) in [6.07, 6.45) is -5.16. The third-order valence-electron chi connectivity index (χ3n) is 13.4. The Bertz CT molecular complexity index is 3040. The Morgan fingerprint density at radius 1 is 0.893 bits per heavy atom. The van der Waals surface area contributed by atoms with E-state index in [1.54, 1.807) is 38.4 Å². The van der Waals surface area contributed by atoms with E-state index in [-0.39, 0.29) is 60.0 Å². The summed E-state index contributed by atoms with van der Waals surface area (Å²) in [5.74, 6) is -5.27. The summed E-state index contributed by atoms with van der Waals surface area (Å²) in [6.45, 7) is 12.6. The number of carbonyl (C=O) groups is 6. The van der Waals surface area contributed by atoms with Crippen LogP contribution in [0.15, 0.2) is 83.2 Å². The fraction of sp³-hybridized carbons (Fsp3) is 0.396.